The van der Waals surface area contributed by atoms with Crippen molar-refractivity contribution < 1.29 is 90.5 Å². The van der Waals surface area contributed by atoms with Gasteiger partial charge in [-0.3, -0.25) is 33.6 Å². The van der Waals surface area contributed by atoms with E-state index in [-0.39, 0.29) is 75.6 Å². The van der Waals surface area contributed by atoms with Gasteiger partial charge in [0.1, 0.15) is 54.2 Å². The molecule has 1 heterocycles. The van der Waals surface area contributed by atoms with Crippen LogP contribution in [-0.4, -0.2) is 92.4 Å². The van der Waals surface area contributed by atoms with E-state index in [0.717, 1.165) is 35.0 Å². The van der Waals surface area contributed by atoms with Crippen LogP contribution >= 0.6 is 23.5 Å². The van der Waals surface area contributed by atoms with Crippen molar-refractivity contribution in [1.82, 2.24) is 0 Å². The summed E-state index contributed by atoms with van der Waals surface area (Å²) in [5.41, 5.74) is 2.82. The summed E-state index contributed by atoms with van der Waals surface area (Å²) in [4.78, 5) is 116. The summed E-state index contributed by atoms with van der Waals surface area (Å²) >= 11 is 2.35. The van der Waals surface area contributed by atoms with E-state index in [9.17, 15) is 48.4 Å². The van der Waals surface area contributed by atoms with Gasteiger partial charge in [-0.1, -0.05) is 67.5 Å². The zero-order chi connectivity index (χ0) is 63.9. The molecule has 23 heteroatoms. The maximum atomic E-state index is 14.0. The van der Waals surface area contributed by atoms with Crippen molar-refractivity contribution in [3.8, 4) is 29.1 Å². The van der Waals surface area contributed by atoms with E-state index < -0.39 is 71.8 Å². The first-order valence-electron chi connectivity index (χ1n) is 28.7. The molecule has 2 fully saturated rings. The highest BCUT2D eigenvalue weighted by molar-refractivity contribution is 8.24. The number of hydrogen-bond donors (Lipinski definition) is 0. The third-order valence-electron chi connectivity index (χ3n) is 14.6. The number of nitriles is 1. The number of ether oxygens (including phenoxy) is 10. The Balaban J connectivity index is 0.931. The van der Waals surface area contributed by atoms with E-state index in [0.29, 0.717) is 118 Å². The number of fused-ring (bicyclic) bond motifs is 1. The summed E-state index contributed by atoms with van der Waals surface area (Å²) < 4.78 is 55.1. The van der Waals surface area contributed by atoms with Gasteiger partial charge >= 0.3 is 53.7 Å². The predicted molar refractivity (Wildman–Crippen MR) is 319 cm³/mol. The van der Waals surface area contributed by atoms with Gasteiger partial charge in [0.05, 0.1) is 83.3 Å². The van der Waals surface area contributed by atoms with Gasteiger partial charge in [0, 0.05) is 30.9 Å². The average Bonchev–Trinajstić information content (AvgIpc) is 2.22. The SMILES string of the molecule is [C-]#[N+]/C(C#N)=C1/Sc2c(OC(=C)C3CCC(C(=O)Oc4ccc(CCOC(=O)CCC(=O)OCC(C)OC(=O)C=C)cc4)CC3)c(C)c(C)c(OC(=O)C3CCC(C(=O)Oc4ccc(CCOC(=O)CCC(=O)OCC(C)OC(=O)C=C)cc4)CC3)c2S1. The molecule has 0 N–H and O–H groups in total. The summed E-state index contributed by atoms with van der Waals surface area (Å²) in [6, 6.07) is 15.6. The second-order valence-electron chi connectivity index (χ2n) is 21.1. The molecule has 2 aliphatic carbocycles. The number of nitrogens with zero attached hydrogens (tertiary/aromatic N) is 2. The molecule has 466 valence electrons. The molecule has 88 heavy (non-hydrogen) atoms. The molecule has 0 saturated heterocycles. The lowest BCUT2D eigenvalue weighted by Crippen LogP contribution is -2.30. The fourth-order valence-corrected chi connectivity index (χ4v) is 12.1. The molecule has 3 aromatic carbocycles. The van der Waals surface area contributed by atoms with E-state index >= 15 is 0 Å². The summed E-state index contributed by atoms with van der Waals surface area (Å²) in [5, 5.41) is 9.86. The third kappa shape index (κ3) is 20.8. The molecular formula is C65H70N2O19S2. The lowest BCUT2D eigenvalue weighted by Gasteiger charge is -2.29. The van der Waals surface area contributed by atoms with E-state index in [1.54, 1.807) is 62.4 Å². The summed E-state index contributed by atoms with van der Waals surface area (Å²) in [6.07, 6.45) is 4.40. The lowest BCUT2D eigenvalue weighted by molar-refractivity contribution is -0.156. The number of benzene rings is 3. The minimum atomic E-state index is -0.670. The number of thioether (sulfide) groups is 2. The van der Waals surface area contributed by atoms with Gasteiger partial charge in [0.25, 0.3) is 5.70 Å². The van der Waals surface area contributed by atoms with Crippen LogP contribution in [0, 0.1) is 55.4 Å². The first-order chi connectivity index (χ1) is 42.2. The van der Waals surface area contributed by atoms with Crippen molar-refractivity contribution in [1.29, 1.82) is 5.26 Å². The minimum Gasteiger partial charge on any atom is -0.465 e. The summed E-state index contributed by atoms with van der Waals surface area (Å²) in [5.74, 6) is -4.47. The largest absolute Gasteiger partial charge is 0.465 e. The molecule has 0 radical (unpaired) electrons. The quantitative estimate of drug-likeness (QED) is 0.0119. The molecule has 0 amide bonds. The van der Waals surface area contributed by atoms with Crippen LogP contribution in [0.3, 0.4) is 0 Å². The number of allylic oxidation sites excluding steroid dienone is 2. The lowest BCUT2D eigenvalue weighted by atomic mass is 9.81. The maximum Gasteiger partial charge on any atom is 0.330 e. The van der Waals surface area contributed by atoms with Gasteiger partial charge in [-0.25, -0.2) is 19.7 Å². The first kappa shape index (κ1) is 68.4. The number of hydrogen-bond acceptors (Lipinski definition) is 22. The standard InChI is InChI=1S/C65H70N2O19S2/c1-9-52(68)81-38(3)36-79-56(72)29-27-54(70)77-33-31-43-11-23-49(24-12-43)84-62(74)46-17-15-45(16-18-46)42(7)83-58-40(5)41(6)59(61-60(58)87-65(88-61)51(35-66)67-8)86-64(76)48-21-19-47(20-22-48)63(75)85-50-25-13-44(14-26-50)32-34-78-55(71)28-30-57(73)80-37-39(4)82-53(69)10-2/h9-14,23-26,38-39,45-48H,1-2,7,15-22,27-34,36-37H2,3-6H3/b65-51-. The Morgan fingerprint density at radius 2 is 0.920 bits per heavy atom. The Hall–Kier alpha value is -8.67. The Labute approximate surface area is 519 Å². The highest BCUT2D eigenvalue weighted by atomic mass is 32.2. The van der Waals surface area contributed by atoms with Crippen LogP contribution in [0.4, 0.5) is 0 Å². The van der Waals surface area contributed by atoms with E-state index in [1.807, 2.05) is 19.9 Å². The molecule has 2 unspecified atom stereocenters. The molecule has 2 saturated carbocycles. The molecule has 0 spiro atoms. The monoisotopic (exact) mass is 1250 g/mol. The Kier molecular flexibility index (Phi) is 26.5. The Morgan fingerprint density at radius 1 is 0.568 bits per heavy atom. The Bertz CT molecular complexity index is 3020. The molecule has 6 rings (SSSR count). The van der Waals surface area contributed by atoms with Gasteiger partial charge in [0.15, 0.2) is 0 Å². The van der Waals surface area contributed by atoms with Crippen LogP contribution < -0.4 is 18.9 Å². The highest BCUT2D eigenvalue weighted by Gasteiger charge is 2.38. The topological polar surface area (TPSA) is 274 Å². The molecular weight excluding hydrogens is 1180 g/mol. The van der Waals surface area contributed by atoms with E-state index in [2.05, 4.69) is 24.6 Å². The third-order valence-corrected chi connectivity index (χ3v) is 17.2. The molecule has 3 aromatic rings. The number of esters is 9. The number of carbonyl (C=O) groups is 9. The molecule has 2 atom stereocenters. The second kappa shape index (κ2) is 34.0. The summed E-state index contributed by atoms with van der Waals surface area (Å²) in [6.45, 7) is 25.2. The van der Waals surface area contributed by atoms with Gasteiger partial charge in [0.2, 0.25) is 0 Å². The Morgan fingerprint density at radius 3 is 1.28 bits per heavy atom. The van der Waals surface area contributed by atoms with Gasteiger partial charge in [-0.2, -0.15) is 0 Å². The number of rotatable bonds is 29. The zero-order valence-electron chi connectivity index (χ0n) is 49.6. The van der Waals surface area contributed by atoms with Crippen molar-refractivity contribution >= 4 is 77.2 Å². The van der Waals surface area contributed by atoms with Crippen LogP contribution in [0.2, 0.25) is 0 Å². The minimum absolute atomic E-state index is 0.0574. The highest BCUT2D eigenvalue weighted by Crippen LogP contribution is 2.61. The van der Waals surface area contributed by atoms with Gasteiger partial charge in [-0.15, -0.1) is 0 Å². The predicted octanol–water partition coefficient (Wildman–Crippen LogP) is 10.8. The second-order valence-corrected chi connectivity index (χ2v) is 23.4. The number of carbonyl (C=O) groups excluding carboxylic acids is 9. The fourth-order valence-electron chi connectivity index (χ4n) is 9.44. The van der Waals surface area contributed by atoms with Crippen molar-refractivity contribution in [2.75, 3.05) is 26.4 Å². The van der Waals surface area contributed by atoms with Crippen molar-refractivity contribution in [2.24, 2.45) is 23.7 Å². The fraction of sp³-hybridized carbons (Fsp3) is 0.431. The van der Waals surface area contributed by atoms with Crippen molar-refractivity contribution in [3.63, 3.8) is 0 Å². The average molecular weight is 1250 g/mol. The van der Waals surface area contributed by atoms with E-state index in [1.165, 1.54) is 11.8 Å². The molecule has 1 aliphatic heterocycles. The van der Waals surface area contributed by atoms with Gasteiger partial charge < -0.3 is 47.4 Å². The molecule has 0 aromatic heterocycles. The molecule has 3 aliphatic rings. The van der Waals surface area contributed by atoms with E-state index in [4.69, 9.17) is 53.9 Å². The van der Waals surface area contributed by atoms with Crippen LogP contribution in [0.5, 0.6) is 23.0 Å². The normalized spacial score (nSPS) is 17.9. The van der Waals surface area contributed by atoms with Crippen LogP contribution in [0.15, 0.2) is 106 Å². The van der Waals surface area contributed by atoms with Crippen LogP contribution in [-0.2, 0) is 84.4 Å². The zero-order valence-corrected chi connectivity index (χ0v) is 51.2. The van der Waals surface area contributed by atoms with Crippen LogP contribution in [0.1, 0.15) is 113 Å². The molecule has 0 bridgehead atoms. The first-order valence-corrected chi connectivity index (χ1v) is 30.3. The maximum absolute atomic E-state index is 14.0. The van der Waals surface area contributed by atoms with Gasteiger partial charge in [-0.05, 0) is 126 Å². The van der Waals surface area contributed by atoms with Crippen molar-refractivity contribution in [2.45, 2.75) is 140 Å². The molecule has 21 nitrogen and oxygen atoms in total. The van der Waals surface area contributed by atoms with Crippen molar-refractivity contribution in [3.05, 3.63) is 130 Å². The summed E-state index contributed by atoms with van der Waals surface area (Å²) in [7, 11) is 0. The smallest absolute Gasteiger partial charge is 0.330 e. The van der Waals surface area contributed by atoms with Crippen LogP contribution in [0.25, 0.3) is 4.85 Å².